The second-order valence-electron chi connectivity index (χ2n) is 3.18. The number of nitro groups is 1. The number of ether oxygens (including phenoxy) is 2. The zero-order valence-electron chi connectivity index (χ0n) is 9.04. The monoisotopic (exact) mass is 227 g/mol. The Hall–Kier alpha value is -1.82. The van der Waals surface area contributed by atoms with E-state index in [9.17, 15) is 15.2 Å². The number of aliphatic hydroxyl groups excluding tert-OH is 1. The molecule has 0 unspecified atom stereocenters. The van der Waals surface area contributed by atoms with Gasteiger partial charge in [-0.1, -0.05) is 0 Å². The van der Waals surface area contributed by atoms with Gasteiger partial charge in [0.1, 0.15) is 17.6 Å². The van der Waals surface area contributed by atoms with Crippen molar-refractivity contribution in [3.63, 3.8) is 0 Å². The second kappa shape index (κ2) is 5.32. The van der Waals surface area contributed by atoms with Crippen molar-refractivity contribution in [1.29, 1.82) is 0 Å². The molecule has 0 bridgehead atoms. The quantitative estimate of drug-likeness (QED) is 0.599. The highest BCUT2D eigenvalue weighted by Gasteiger charge is 2.16. The summed E-state index contributed by atoms with van der Waals surface area (Å²) in [5, 5.41) is 19.9. The van der Waals surface area contributed by atoms with Crippen molar-refractivity contribution in [1.82, 2.24) is 0 Å². The standard InChI is InChI=1S/C10H13NO5/c1-15-8-3-7(4-9(5-8)16-2)10(12)6-11(13)14/h3-5,10,12H,6H2,1-2H3/t10-/m0/s1. The minimum Gasteiger partial charge on any atom is -0.497 e. The Kier molecular flexibility index (Phi) is 4.07. The fourth-order valence-electron chi connectivity index (χ4n) is 1.27. The summed E-state index contributed by atoms with van der Waals surface area (Å²) in [6, 6.07) is 4.70. The summed E-state index contributed by atoms with van der Waals surface area (Å²) in [5.41, 5.74) is 0.396. The molecule has 1 aromatic carbocycles. The van der Waals surface area contributed by atoms with Crippen LogP contribution < -0.4 is 9.47 Å². The largest absolute Gasteiger partial charge is 0.497 e. The molecule has 0 amide bonds. The van der Waals surface area contributed by atoms with Crippen LogP contribution >= 0.6 is 0 Å². The molecule has 0 aliphatic heterocycles. The molecule has 6 heteroatoms. The zero-order valence-corrected chi connectivity index (χ0v) is 9.04. The topological polar surface area (TPSA) is 81.8 Å². The van der Waals surface area contributed by atoms with Gasteiger partial charge >= 0.3 is 0 Å². The van der Waals surface area contributed by atoms with Gasteiger partial charge in [-0.3, -0.25) is 10.1 Å². The molecule has 88 valence electrons. The third-order valence-electron chi connectivity index (χ3n) is 2.08. The van der Waals surface area contributed by atoms with Gasteiger partial charge in [-0.05, 0) is 17.7 Å². The van der Waals surface area contributed by atoms with Crippen LogP contribution in [0.15, 0.2) is 18.2 Å². The summed E-state index contributed by atoms with van der Waals surface area (Å²) < 4.78 is 9.98. The van der Waals surface area contributed by atoms with E-state index in [1.807, 2.05) is 0 Å². The molecule has 0 aliphatic carbocycles. The van der Waals surface area contributed by atoms with E-state index in [0.29, 0.717) is 17.1 Å². The lowest BCUT2D eigenvalue weighted by Gasteiger charge is -2.10. The second-order valence-corrected chi connectivity index (χ2v) is 3.18. The average Bonchev–Trinajstić information content (AvgIpc) is 2.27. The Bertz CT molecular complexity index is 357. The molecule has 0 radical (unpaired) electrons. The minimum atomic E-state index is -1.17. The maximum absolute atomic E-state index is 10.3. The van der Waals surface area contributed by atoms with Gasteiger partial charge in [-0.15, -0.1) is 0 Å². The number of aliphatic hydroxyl groups is 1. The van der Waals surface area contributed by atoms with Crippen LogP contribution in [0.5, 0.6) is 11.5 Å². The molecular formula is C10H13NO5. The minimum absolute atomic E-state index is 0.396. The molecule has 1 N–H and O–H groups in total. The molecule has 0 aliphatic rings. The van der Waals surface area contributed by atoms with E-state index in [0.717, 1.165) is 0 Å². The number of hydrogen-bond acceptors (Lipinski definition) is 5. The van der Waals surface area contributed by atoms with Gasteiger partial charge in [0.2, 0.25) is 6.54 Å². The van der Waals surface area contributed by atoms with Crippen molar-refractivity contribution in [3.8, 4) is 11.5 Å². The number of benzene rings is 1. The van der Waals surface area contributed by atoms with Crippen LogP contribution in [0.3, 0.4) is 0 Å². The van der Waals surface area contributed by atoms with Crippen LogP contribution in [0.25, 0.3) is 0 Å². The molecular weight excluding hydrogens is 214 g/mol. The van der Waals surface area contributed by atoms with E-state index in [1.54, 1.807) is 6.07 Å². The Balaban J connectivity index is 2.97. The maximum Gasteiger partial charge on any atom is 0.233 e. The van der Waals surface area contributed by atoms with E-state index < -0.39 is 17.6 Å². The van der Waals surface area contributed by atoms with Crippen molar-refractivity contribution in [3.05, 3.63) is 33.9 Å². The molecule has 16 heavy (non-hydrogen) atoms. The summed E-state index contributed by atoms with van der Waals surface area (Å²) in [6.45, 7) is -0.545. The number of nitrogens with zero attached hydrogens (tertiary/aromatic N) is 1. The first kappa shape index (κ1) is 12.3. The molecule has 0 heterocycles. The van der Waals surface area contributed by atoms with Gasteiger partial charge in [-0.25, -0.2) is 0 Å². The van der Waals surface area contributed by atoms with Crippen LogP contribution in [0, 0.1) is 10.1 Å². The van der Waals surface area contributed by atoms with E-state index in [1.165, 1.54) is 26.4 Å². The smallest absolute Gasteiger partial charge is 0.233 e. The highest BCUT2D eigenvalue weighted by molar-refractivity contribution is 5.39. The van der Waals surface area contributed by atoms with E-state index in [2.05, 4.69) is 0 Å². The summed E-state index contributed by atoms with van der Waals surface area (Å²) in [6.07, 6.45) is -1.17. The molecule has 1 aromatic rings. The fourth-order valence-corrected chi connectivity index (χ4v) is 1.27. The Morgan fingerprint density at radius 1 is 1.31 bits per heavy atom. The molecule has 0 spiro atoms. The zero-order chi connectivity index (χ0) is 12.1. The van der Waals surface area contributed by atoms with Gasteiger partial charge < -0.3 is 14.6 Å². The van der Waals surface area contributed by atoms with Crippen LogP contribution in [-0.4, -0.2) is 30.8 Å². The first-order chi connectivity index (χ1) is 7.56. The first-order valence-electron chi connectivity index (χ1n) is 4.59. The van der Waals surface area contributed by atoms with Crippen molar-refractivity contribution >= 4 is 0 Å². The lowest BCUT2D eigenvalue weighted by Crippen LogP contribution is -2.12. The number of rotatable bonds is 5. The predicted octanol–water partition coefficient (Wildman–Crippen LogP) is 1.01. The Morgan fingerprint density at radius 3 is 2.19 bits per heavy atom. The molecule has 1 atom stereocenters. The van der Waals surface area contributed by atoms with E-state index >= 15 is 0 Å². The van der Waals surface area contributed by atoms with E-state index in [4.69, 9.17) is 9.47 Å². The number of methoxy groups -OCH3 is 2. The first-order valence-corrected chi connectivity index (χ1v) is 4.59. The van der Waals surface area contributed by atoms with Crippen molar-refractivity contribution in [2.75, 3.05) is 20.8 Å². The summed E-state index contributed by atoms with van der Waals surface area (Å²) in [4.78, 5) is 9.70. The maximum atomic E-state index is 10.3. The summed E-state index contributed by atoms with van der Waals surface area (Å²) >= 11 is 0. The van der Waals surface area contributed by atoms with Crippen LogP contribution in [0.1, 0.15) is 11.7 Å². The molecule has 0 saturated carbocycles. The average molecular weight is 227 g/mol. The Morgan fingerprint density at radius 2 is 1.81 bits per heavy atom. The molecule has 6 nitrogen and oxygen atoms in total. The molecule has 0 aromatic heterocycles. The lowest BCUT2D eigenvalue weighted by atomic mass is 10.1. The van der Waals surface area contributed by atoms with Gasteiger partial charge in [0, 0.05) is 11.0 Å². The van der Waals surface area contributed by atoms with Gasteiger partial charge in [0.25, 0.3) is 0 Å². The summed E-state index contributed by atoms with van der Waals surface area (Å²) in [7, 11) is 2.94. The van der Waals surface area contributed by atoms with Crippen LogP contribution in [-0.2, 0) is 0 Å². The van der Waals surface area contributed by atoms with Crippen LogP contribution in [0.4, 0.5) is 0 Å². The third-order valence-corrected chi connectivity index (χ3v) is 2.08. The predicted molar refractivity (Wildman–Crippen MR) is 56.4 cm³/mol. The molecule has 0 fully saturated rings. The molecule has 0 saturated heterocycles. The van der Waals surface area contributed by atoms with E-state index in [-0.39, 0.29) is 0 Å². The lowest BCUT2D eigenvalue weighted by molar-refractivity contribution is -0.491. The third kappa shape index (κ3) is 3.09. The van der Waals surface area contributed by atoms with Gasteiger partial charge in [0.05, 0.1) is 14.2 Å². The Labute approximate surface area is 92.6 Å². The van der Waals surface area contributed by atoms with Gasteiger partial charge in [0.15, 0.2) is 0 Å². The number of hydrogen-bond donors (Lipinski definition) is 1. The highest BCUT2D eigenvalue weighted by atomic mass is 16.6. The SMILES string of the molecule is COc1cc(OC)cc([C@@H](O)C[N+](=O)[O-])c1. The summed E-state index contributed by atoms with van der Waals surface area (Å²) in [5.74, 6) is 0.966. The van der Waals surface area contributed by atoms with Crippen molar-refractivity contribution < 1.29 is 19.5 Å². The van der Waals surface area contributed by atoms with Crippen molar-refractivity contribution in [2.24, 2.45) is 0 Å². The van der Waals surface area contributed by atoms with Crippen LogP contribution in [0.2, 0.25) is 0 Å². The molecule has 1 rings (SSSR count). The normalized spacial score (nSPS) is 11.9. The van der Waals surface area contributed by atoms with Gasteiger partial charge in [-0.2, -0.15) is 0 Å². The van der Waals surface area contributed by atoms with Crippen molar-refractivity contribution in [2.45, 2.75) is 6.10 Å². The highest BCUT2D eigenvalue weighted by Crippen LogP contribution is 2.26. The fraction of sp³-hybridized carbons (Fsp3) is 0.400.